The highest BCUT2D eigenvalue weighted by Gasteiger charge is 2.28. The number of nitrogens with one attached hydrogen (secondary N) is 2. The van der Waals surface area contributed by atoms with Gasteiger partial charge in [-0.3, -0.25) is 9.89 Å². The summed E-state index contributed by atoms with van der Waals surface area (Å²) < 4.78 is 11.0. The van der Waals surface area contributed by atoms with Gasteiger partial charge in [-0.1, -0.05) is 18.2 Å². The van der Waals surface area contributed by atoms with E-state index in [0.29, 0.717) is 0 Å². The fraction of sp³-hybridized carbons (Fsp3) is 0.667. The first-order valence-electron chi connectivity index (χ1n) is 9.95. The molecule has 8 heteroatoms. The molecule has 0 aliphatic carbocycles. The zero-order valence-corrected chi connectivity index (χ0v) is 21.0. The molecule has 29 heavy (non-hydrogen) atoms. The van der Waals surface area contributed by atoms with Gasteiger partial charge in [0.05, 0.1) is 26.4 Å². The van der Waals surface area contributed by atoms with Crippen LogP contribution >= 0.6 is 24.0 Å². The second-order valence-corrected chi connectivity index (χ2v) is 7.94. The minimum absolute atomic E-state index is 0. The first kappa shape index (κ1) is 25.9. The molecular weight excluding hydrogens is 481 g/mol. The van der Waals surface area contributed by atoms with Crippen molar-refractivity contribution in [1.82, 2.24) is 20.4 Å². The smallest absolute Gasteiger partial charge is 0.191 e. The number of aliphatic imine (C=N–C) groups is 1. The summed E-state index contributed by atoms with van der Waals surface area (Å²) in [5.74, 6) is 1.71. The third-order valence-corrected chi connectivity index (χ3v) is 5.36. The fourth-order valence-corrected chi connectivity index (χ4v) is 3.51. The summed E-state index contributed by atoms with van der Waals surface area (Å²) >= 11 is 0. The Labute approximate surface area is 193 Å². The Balaban J connectivity index is 0.00000420. The van der Waals surface area contributed by atoms with Gasteiger partial charge < -0.3 is 25.0 Å². The van der Waals surface area contributed by atoms with Crippen molar-refractivity contribution in [3.63, 3.8) is 0 Å². The van der Waals surface area contributed by atoms with E-state index in [0.717, 1.165) is 56.7 Å². The van der Waals surface area contributed by atoms with Gasteiger partial charge in [-0.25, -0.2) is 0 Å². The lowest BCUT2D eigenvalue weighted by molar-refractivity contribution is -0.00834. The van der Waals surface area contributed by atoms with E-state index in [2.05, 4.69) is 59.4 Å². The highest BCUT2D eigenvalue weighted by atomic mass is 127. The van der Waals surface area contributed by atoms with Gasteiger partial charge in [-0.15, -0.1) is 24.0 Å². The van der Waals surface area contributed by atoms with Gasteiger partial charge >= 0.3 is 0 Å². The van der Waals surface area contributed by atoms with Gasteiger partial charge in [-0.05, 0) is 34.0 Å². The van der Waals surface area contributed by atoms with Crippen molar-refractivity contribution in [3.8, 4) is 5.75 Å². The molecule has 0 spiro atoms. The minimum atomic E-state index is 0. The maximum absolute atomic E-state index is 5.55. The molecule has 0 aromatic heterocycles. The van der Waals surface area contributed by atoms with Gasteiger partial charge in [0, 0.05) is 44.3 Å². The SMILES string of the molecule is CN=C(NCC(c1ccccc1OC)N(C)C)NCC(C)(C)N1CCOCC1.I. The van der Waals surface area contributed by atoms with Crippen molar-refractivity contribution in [2.45, 2.75) is 25.4 Å². The monoisotopic (exact) mass is 519 g/mol. The predicted octanol–water partition coefficient (Wildman–Crippen LogP) is 2.19. The van der Waals surface area contributed by atoms with Crippen LogP contribution in [0.4, 0.5) is 0 Å². The van der Waals surface area contributed by atoms with Crippen molar-refractivity contribution < 1.29 is 9.47 Å². The number of nitrogens with zero attached hydrogens (tertiary/aromatic N) is 3. The summed E-state index contributed by atoms with van der Waals surface area (Å²) in [7, 11) is 7.69. The second kappa shape index (κ2) is 12.6. The highest BCUT2D eigenvalue weighted by Crippen LogP contribution is 2.27. The standard InChI is InChI=1S/C21H37N5O2.HI/c1-21(2,26-11-13-28-14-12-26)16-24-20(22-3)23-15-18(25(4)5)17-9-7-8-10-19(17)27-6;/h7-10,18H,11-16H2,1-6H3,(H2,22,23,24);1H. The Bertz CT molecular complexity index is 633. The zero-order chi connectivity index (χ0) is 20.6. The van der Waals surface area contributed by atoms with E-state index < -0.39 is 0 Å². The van der Waals surface area contributed by atoms with Crippen molar-refractivity contribution in [2.24, 2.45) is 4.99 Å². The molecule has 2 N–H and O–H groups in total. The van der Waals surface area contributed by atoms with Gasteiger partial charge in [0.2, 0.25) is 0 Å². The van der Waals surface area contributed by atoms with Crippen LogP contribution in [-0.4, -0.2) is 88.9 Å². The molecule has 1 unspecified atom stereocenters. The molecule has 166 valence electrons. The van der Waals surface area contributed by atoms with Gasteiger partial charge in [0.15, 0.2) is 5.96 Å². The van der Waals surface area contributed by atoms with Crippen molar-refractivity contribution in [2.75, 3.05) is 67.6 Å². The van der Waals surface area contributed by atoms with E-state index in [-0.39, 0.29) is 35.6 Å². The van der Waals surface area contributed by atoms with Gasteiger partial charge in [0.1, 0.15) is 5.75 Å². The average Bonchev–Trinajstić information content (AvgIpc) is 2.71. The molecule has 1 saturated heterocycles. The van der Waals surface area contributed by atoms with Crippen LogP contribution in [-0.2, 0) is 4.74 Å². The average molecular weight is 519 g/mol. The molecule has 1 fully saturated rings. The quantitative estimate of drug-likeness (QED) is 0.312. The fourth-order valence-electron chi connectivity index (χ4n) is 3.51. The van der Waals surface area contributed by atoms with Crippen molar-refractivity contribution in [1.29, 1.82) is 0 Å². The summed E-state index contributed by atoms with van der Waals surface area (Å²) in [6, 6.07) is 8.33. The molecule has 1 aliphatic rings. The number of benzene rings is 1. The maximum atomic E-state index is 5.55. The number of para-hydroxylation sites is 1. The number of hydrogen-bond acceptors (Lipinski definition) is 5. The van der Waals surface area contributed by atoms with Crippen molar-refractivity contribution >= 4 is 29.9 Å². The topological polar surface area (TPSA) is 61.4 Å². The van der Waals surface area contributed by atoms with E-state index in [1.54, 1.807) is 7.11 Å². The Morgan fingerprint density at radius 2 is 1.90 bits per heavy atom. The van der Waals surface area contributed by atoms with E-state index in [9.17, 15) is 0 Å². The molecule has 0 radical (unpaired) electrons. The predicted molar refractivity (Wildman–Crippen MR) is 131 cm³/mol. The molecule has 7 nitrogen and oxygen atoms in total. The number of morpholine rings is 1. The maximum Gasteiger partial charge on any atom is 0.191 e. The molecule has 1 aromatic carbocycles. The van der Waals surface area contributed by atoms with Crippen LogP contribution in [0.5, 0.6) is 5.75 Å². The van der Waals surface area contributed by atoms with Crippen molar-refractivity contribution in [3.05, 3.63) is 29.8 Å². The minimum Gasteiger partial charge on any atom is -0.496 e. The number of likely N-dealkylation sites (N-methyl/N-ethyl adjacent to an activating group) is 1. The molecule has 1 aliphatic heterocycles. The highest BCUT2D eigenvalue weighted by molar-refractivity contribution is 14.0. The molecule has 2 rings (SSSR count). The van der Waals surface area contributed by atoms with Crippen LogP contribution in [0.15, 0.2) is 29.3 Å². The largest absolute Gasteiger partial charge is 0.496 e. The molecular formula is C21H38IN5O2. The third-order valence-electron chi connectivity index (χ3n) is 5.36. The van der Waals surface area contributed by atoms with Gasteiger partial charge in [-0.2, -0.15) is 0 Å². The molecule has 1 atom stereocenters. The Hall–Kier alpha value is -1.10. The first-order chi connectivity index (χ1) is 13.4. The number of halogens is 1. The molecule has 0 amide bonds. The Morgan fingerprint density at radius 3 is 2.48 bits per heavy atom. The molecule has 1 heterocycles. The molecule has 1 aromatic rings. The van der Waals surface area contributed by atoms with Crippen LogP contribution in [0, 0.1) is 0 Å². The lowest BCUT2D eigenvalue weighted by Gasteiger charge is -2.41. The van der Waals surface area contributed by atoms with Crippen LogP contribution in [0.25, 0.3) is 0 Å². The summed E-state index contributed by atoms with van der Waals surface area (Å²) in [4.78, 5) is 9.06. The molecule has 0 bridgehead atoms. The second-order valence-electron chi connectivity index (χ2n) is 7.94. The number of rotatable bonds is 8. The Kier molecular flexibility index (Phi) is 11.2. The normalized spacial score (nSPS) is 16.9. The van der Waals surface area contributed by atoms with Crippen LogP contribution in [0.2, 0.25) is 0 Å². The summed E-state index contributed by atoms with van der Waals surface area (Å²) in [5, 5.41) is 6.96. The summed E-state index contributed by atoms with van der Waals surface area (Å²) in [6.45, 7) is 9.61. The van der Waals surface area contributed by atoms with Gasteiger partial charge in [0.25, 0.3) is 0 Å². The lowest BCUT2D eigenvalue weighted by atomic mass is 10.0. The Morgan fingerprint density at radius 1 is 1.24 bits per heavy atom. The summed E-state index contributed by atoms with van der Waals surface area (Å²) in [5.41, 5.74) is 1.19. The van der Waals surface area contributed by atoms with E-state index in [4.69, 9.17) is 9.47 Å². The molecule has 0 saturated carbocycles. The van der Waals surface area contributed by atoms with E-state index in [1.165, 1.54) is 0 Å². The number of hydrogen-bond donors (Lipinski definition) is 2. The van der Waals surface area contributed by atoms with Crippen LogP contribution in [0.1, 0.15) is 25.5 Å². The number of methoxy groups -OCH3 is 1. The van der Waals surface area contributed by atoms with E-state index in [1.807, 2.05) is 25.2 Å². The number of guanidine groups is 1. The number of ether oxygens (including phenoxy) is 2. The van der Waals surface area contributed by atoms with Crippen LogP contribution in [0.3, 0.4) is 0 Å². The van der Waals surface area contributed by atoms with E-state index >= 15 is 0 Å². The lowest BCUT2D eigenvalue weighted by Crippen LogP contribution is -2.56. The summed E-state index contributed by atoms with van der Waals surface area (Å²) in [6.07, 6.45) is 0. The third kappa shape index (κ3) is 7.58. The van der Waals surface area contributed by atoms with Crippen LogP contribution < -0.4 is 15.4 Å². The zero-order valence-electron chi connectivity index (χ0n) is 18.7. The first-order valence-corrected chi connectivity index (χ1v) is 9.95.